The van der Waals surface area contributed by atoms with E-state index >= 15 is 0 Å². The Bertz CT molecular complexity index is 343. The van der Waals surface area contributed by atoms with Gasteiger partial charge in [0.1, 0.15) is 5.75 Å². The minimum absolute atomic E-state index is 0.0145. The van der Waals surface area contributed by atoms with Crippen molar-refractivity contribution in [1.29, 1.82) is 0 Å². The number of rotatable bonds is 1. The summed E-state index contributed by atoms with van der Waals surface area (Å²) in [5.41, 5.74) is 6.41. The van der Waals surface area contributed by atoms with E-state index in [4.69, 9.17) is 10.5 Å². The first-order valence-corrected chi connectivity index (χ1v) is 5.60. The van der Waals surface area contributed by atoms with Crippen molar-refractivity contribution < 1.29 is 9.84 Å². The average molecular weight is 305 g/mol. The predicted molar refractivity (Wildman–Crippen MR) is 62.2 cm³/mol. The molecule has 3 N–H and O–H groups in total. The van der Waals surface area contributed by atoms with Gasteiger partial charge in [0, 0.05) is 21.6 Å². The van der Waals surface area contributed by atoms with Gasteiger partial charge in [0.2, 0.25) is 0 Å². The summed E-state index contributed by atoms with van der Waals surface area (Å²) >= 11 is 2.22. The Kier molecular flexibility index (Phi) is 2.94. The van der Waals surface area contributed by atoms with Gasteiger partial charge in [0.05, 0.1) is 12.7 Å². The van der Waals surface area contributed by atoms with E-state index in [0.717, 1.165) is 14.9 Å². The average Bonchev–Trinajstić information content (AvgIpc) is 2.20. The number of hydrogen-bond donors (Lipinski definition) is 2. The molecule has 14 heavy (non-hydrogen) atoms. The first-order chi connectivity index (χ1) is 6.72. The van der Waals surface area contributed by atoms with Crippen LogP contribution in [0.1, 0.15) is 11.7 Å². The molecule has 0 aliphatic carbocycles. The summed E-state index contributed by atoms with van der Waals surface area (Å²) < 4.78 is 6.61. The van der Waals surface area contributed by atoms with Crippen molar-refractivity contribution in [3.05, 3.63) is 27.3 Å². The van der Waals surface area contributed by atoms with Crippen molar-refractivity contribution in [3.8, 4) is 5.75 Å². The lowest BCUT2D eigenvalue weighted by atomic mass is 9.93. The van der Waals surface area contributed by atoms with Crippen LogP contribution >= 0.6 is 22.6 Å². The molecule has 1 aromatic rings. The molecule has 1 aliphatic rings. The second-order valence-corrected chi connectivity index (χ2v) is 4.68. The molecule has 0 saturated carbocycles. The summed E-state index contributed by atoms with van der Waals surface area (Å²) in [6, 6.07) is 5.81. The van der Waals surface area contributed by atoms with Crippen LogP contribution < -0.4 is 10.5 Å². The number of nitrogens with two attached hydrogens (primary N) is 1. The quantitative estimate of drug-likeness (QED) is 0.769. The molecule has 2 atom stereocenters. The van der Waals surface area contributed by atoms with E-state index < -0.39 is 6.10 Å². The Morgan fingerprint density at radius 2 is 2.36 bits per heavy atom. The van der Waals surface area contributed by atoms with Gasteiger partial charge in [-0.05, 0) is 40.8 Å². The largest absolute Gasteiger partial charge is 0.493 e. The number of aliphatic hydroxyl groups excluding tert-OH is 1. The summed E-state index contributed by atoms with van der Waals surface area (Å²) in [5.74, 6) is 0.795. The second kappa shape index (κ2) is 4.04. The van der Waals surface area contributed by atoms with Gasteiger partial charge in [0.25, 0.3) is 0 Å². The van der Waals surface area contributed by atoms with Crippen molar-refractivity contribution in [2.45, 2.75) is 6.10 Å². The Balaban J connectivity index is 2.38. The number of benzene rings is 1. The number of fused-ring (bicyclic) bond motifs is 1. The molecule has 0 saturated heterocycles. The maximum atomic E-state index is 9.98. The molecule has 76 valence electrons. The summed E-state index contributed by atoms with van der Waals surface area (Å²) in [5, 5.41) is 9.98. The van der Waals surface area contributed by atoms with E-state index in [9.17, 15) is 5.11 Å². The lowest BCUT2D eigenvalue weighted by Crippen LogP contribution is -2.31. The molecule has 2 rings (SSSR count). The van der Waals surface area contributed by atoms with Crippen molar-refractivity contribution in [3.63, 3.8) is 0 Å². The standard InChI is InChI=1S/C10H12INO2/c11-7-1-2-9-8(3-7)10(13)6(4-12)5-14-9/h1-3,6,10,13H,4-5,12H2. The minimum Gasteiger partial charge on any atom is -0.493 e. The van der Waals surface area contributed by atoms with Crippen LogP contribution in [-0.2, 0) is 0 Å². The van der Waals surface area contributed by atoms with Gasteiger partial charge in [-0.3, -0.25) is 0 Å². The smallest absolute Gasteiger partial charge is 0.125 e. The molecule has 0 amide bonds. The maximum Gasteiger partial charge on any atom is 0.125 e. The molecule has 2 unspecified atom stereocenters. The van der Waals surface area contributed by atoms with E-state index in [1.54, 1.807) is 0 Å². The number of ether oxygens (including phenoxy) is 1. The second-order valence-electron chi connectivity index (χ2n) is 3.43. The summed E-state index contributed by atoms with van der Waals surface area (Å²) in [7, 11) is 0. The third kappa shape index (κ3) is 1.74. The monoisotopic (exact) mass is 305 g/mol. The number of halogens is 1. The van der Waals surface area contributed by atoms with Crippen molar-refractivity contribution in [2.24, 2.45) is 11.7 Å². The molecule has 0 bridgehead atoms. The fourth-order valence-electron chi connectivity index (χ4n) is 1.62. The van der Waals surface area contributed by atoms with E-state index in [1.807, 2.05) is 18.2 Å². The zero-order chi connectivity index (χ0) is 10.1. The van der Waals surface area contributed by atoms with Crippen molar-refractivity contribution >= 4 is 22.6 Å². The maximum absolute atomic E-state index is 9.98. The zero-order valence-corrected chi connectivity index (χ0v) is 9.77. The highest BCUT2D eigenvalue weighted by Gasteiger charge is 2.28. The molecule has 0 radical (unpaired) electrons. The van der Waals surface area contributed by atoms with Crippen LogP contribution in [0.5, 0.6) is 5.75 Å². The molecule has 0 spiro atoms. The number of hydrogen-bond acceptors (Lipinski definition) is 3. The van der Waals surface area contributed by atoms with Gasteiger partial charge in [-0.25, -0.2) is 0 Å². The molecule has 1 aliphatic heterocycles. The molecule has 4 heteroatoms. The van der Waals surface area contributed by atoms with Gasteiger partial charge >= 0.3 is 0 Å². The van der Waals surface area contributed by atoms with E-state index in [0.29, 0.717) is 13.2 Å². The highest BCUT2D eigenvalue weighted by molar-refractivity contribution is 14.1. The topological polar surface area (TPSA) is 55.5 Å². The molecule has 1 heterocycles. The Morgan fingerprint density at radius 3 is 3.07 bits per heavy atom. The Hall–Kier alpha value is -0.330. The van der Waals surface area contributed by atoms with Crippen LogP contribution in [0.25, 0.3) is 0 Å². The third-order valence-electron chi connectivity index (χ3n) is 2.49. The van der Waals surface area contributed by atoms with Crippen LogP contribution in [-0.4, -0.2) is 18.3 Å². The van der Waals surface area contributed by atoms with Gasteiger partial charge in [-0.2, -0.15) is 0 Å². The van der Waals surface area contributed by atoms with Crippen LogP contribution in [0.15, 0.2) is 18.2 Å². The highest BCUT2D eigenvalue weighted by Crippen LogP contribution is 2.35. The van der Waals surface area contributed by atoms with Crippen LogP contribution in [0.2, 0.25) is 0 Å². The lowest BCUT2D eigenvalue weighted by Gasteiger charge is -2.29. The normalized spacial score (nSPS) is 25.4. The van der Waals surface area contributed by atoms with Crippen molar-refractivity contribution in [2.75, 3.05) is 13.2 Å². The minimum atomic E-state index is -0.488. The summed E-state index contributed by atoms with van der Waals surface area (Å²) in [6.45, 7) is 0.956. The molecular formula is C10H12INO2. The first kappa shape index (κ1) is 10.2. The van der Waals surface area contributed by atoms with Crippen molar-refractivity contribution in [1.82, 2.24) is 0 Å². The first-order valence-electron chi connectivity index (χ1n) is 4.52. The molecule has 0 aromatic heterocycles. The Labute approximate surface area is 96.4 Å². The number of aliphatic hydroxyl groups is 1. The van der Waals surface area contributed by atoms with Gasteiger partial charge in [-0.1, -0.05) is 0 Å². The zero-order valence-electron chi connectivity index (χ0n) is 7.61. The van der Waals surface area contributed by atoms with Gasteiger partial charge < -0.3 is 15.6 Å². The van der Waals surface area contributed by atoms with Gasteiger partial charge in [-0.15, -0.1) is 0 Å². The van der Waals surface area contributed by atoms with Crippen LogP contribution in [0.4, 0.5) is 0 Å². The summed E-state index contributed by atoms with van der Waals surface area (Å²) in [4.78, 5) is 0. The molecular weight excluding hydrogens is 293 g/mol. The molecule has 3 nitrogen and oxygen atoms in total. The molecule has 1 aromatic carbocycles. The third-order valence-corrected chi connectivity index (χ3v) is 3.16. The SMILES string of the molecule is NCC1COc2ccc(I)cc2C1O. The Morgan fingerprint density at radius 1 is 1.57 bits per heavy atom. The predicted octanol–water partition coefficient (Wildman–Crippen LogP) is 1.29. The highest BCUT2D eigenvalue weighted by atomic mass is 127. The fraction of sp³-hybridized carbons (Fsp3) is 0.400. The molecule has 0 fully saturated rings. The fourth-order valence-corrected chi connectivity index (χ4v) is 2.14. The van der Waals surface area contributed by atoms with Gasteiger partial charge in [0.15, 0.2) is 0 Å². The van der Waals surface area contributed by atoms with Crippen LogP contribution in [0, 0.1) is 9.49 Å². The van der Waals surface area contributed by atoms with E-state index in [1.165, 1.54) is 0 Å². The van der Waals surface area contributed by atoms with Crippen LogP contribution in [0.3, 0.4) is 0 Å². The lowest BCUT2D eigenvalue weighted by molar-refractivity contribution is 0.0551. The van der Waals surface area contributed by atoms with E-state index in [-0.39, 0.29) is 5.92 Å². The van der Waals surface area contributed by atoms with E-state index in [2.05, 4.69) is 22.6 Å². The summed E-state index contributed by atoms with van der Waals surface area (Å²) in [6.07, 6.45) is -0.488.